The molecule has 2 aromatic carbocycles. The van der Waals surface area contributed by atoms with E-state index in [1.807, 2.05) is 36.4 Å². The summed E-state index contributed by atoms with van der Waals surface area (Å²) in [6.07, 6.45) is 0. The minimum absolute atomic E-state index is 0. The average molecular weight is 317 g/mol. The van der Waals surface area contributed by atoms with Crippen molar-refractivity contribution in [3.63, 3.8) is 0 Å². The third kappa shape index (κ3) is 5.23. The first-order chi connectivity index (χ1) is 10.2. The summed E-state index contributed by atoms with van der Waals surface area (Å²) in [5.74, 6) is 5.66. The first-order valence-corrected chi connectivity index (χ1v) is 6.53. The van der Waals surface area contributed by atoms with Gasteiger partial charge in [-0.25, -0.2) is 0 Å². The number of benzene rings is 2. The van der Waals surface area contributed by atoms with Crippen molar-refractivity contribution in [1.29, 1.82) is 0 Å². The molecule has 22 heavy (non-hydrogen) atoms. The van der Waals surface area contributed by atoms with Crippen molar-refractivity contribution in [2.75, 3.05) is 11.9 Å². The molecule has 0 heterocycles. The number of halogens is 1. The fourth-order valence-corrected chi connectivity index (χ4v) is 1.66. The van der Waals surface area contributed by atoms with Gasteiger partial charge in [0.15, 0.2) is 0 Å². The molecule has 1 amide bonds. The zero-order valence-electron chi connectivity index (χ0n) is 11.8. The molecule has 0 spiro atoms. The number of aliphatic hydroxyl groups excluding tert-OH is 1. The van der Waals surface area contributed by atoms with E-state index in [4.69, 9.17) is 10.8 Å². The summed E-state index contributed by atoms with van der Waals surface area (Å²) in [5, 5.41) is 11.5. The van der Waals surface area contributed by atoms with E-state index in [0.29, 0.717) is 5.69 Å². The van der Waals surface area contributed by atoms with E-state index in [2.05, 4.69) is 17.2 Å². The second kappa shape index (κ2) is 8.85. The quantitative estimate of drug-likeness (QED) is 0.755. The Hall–Kier alpha value is -2.32. The van der Waals surface area contributed by atoms with Gasteiger partial charge in [-0.15, -0.1) is 12.4 Å². The number of hydrogen-bond donors (Lipinski definition) is 3. The molecule has 1 atom stereocenters. The van der Waals surface area contributed by atoms with Crippen LogP contribution in [0.25, 0.3) is 0 Å². The molecule has 0 aliphatic rings. The summed E-state index contributed by atoms with van der Waals surface area (Å²) in [7, 11) is 0. The van der Waals surface area contributed by atoms with E-state index < -0.39 is 11.9 Å². The van der Waals surface area contributed by atoms with Gasteiger partial charge in [-0.1, -0.05) is 36.1 Å². The molecule has 4 nitrogen and oxygen atoms in total. The van der Waals surface area contributed by atoms with Gasteiger partial charge in [-0.05, 0) is 30.3 Å². The van der Waals surface area contributed by atoms with E-state index >= 15 is 0 Å². The molecule has 0 aliphatic carbocycles. The van der Waals surface area contributed by atoms with Gasteiger partial charge >= 0.3 is 0 Å². The Morgan fingerprint density at radius 1 is 1.09 bits per heavy atom. The largest absolute Gasteiger partial charge is 0.394 e. The monoisotopic (exact) mass is 316 g/mol. The molecular formula is C17H17ClN2O2. The molecule has 2 aromatic rings. The fraction of sp³-hybridized carbons (Fsp3) is 0.118. The Kier molecular flexibility index (Phi) is 7.14. The van der Waals surface area contributed by atoms with Gasteiger partial charge in [0.05, 0.1) is 6.61 Å². The number of amides is 1. The van der Waals surface area contributed by atoms with Crippen LogP contribution in [0, 0.1) is 11.8 Å². The number of hydrogen-bond acceptors (Lipinski definition) is 3. The summed E-state index contributed by atoms with van der Waals surface area (Å²) in [6, 6.07) is 15.9. The smallest absolute Gasteiger partial charge is 0.243 e. The van der Waals surface area contributed by atoms with Crippen LogP contribution in [0.15, 0.2) is 54.6 Å². The maximum Gasteiger partial charge on any atom is 0.243 e. The van der Waals surface area contributed by atoms with Gasteiger partial charge in [0.25, 0.3) is 0 Å². The molecule has 2 rings (SSSR count). The minimum atomic E-state index is -0.927. The third-order valence-corrected chi connectivity index (χ3v) is 2.79. The van der Waals surface area contributed by atoms with Gasteiger partial charge < -0.3 is 16.2 Å². The molecule has 0 bridgehead atoms. The number of nitrogens with two attached hydrogens (primary N) is 1. The lowest BCUT2D eigenvalue weighted by Gasteiger charge is -2.09. The molecule has 0 aliphatic heterocycles. The lowest BCUT2D eigenvalue weighted by molar-refractivity contribution is -0.118. The van der Waals surface area contributed by atoms with Crippen LogP contribution in [-0.2, 0) is 4.79 Å². The van der Waals surface area contributed by atoms with E-state index in [1.165, 1.54) is 0 Å². The molecule has 0 fully saturated rings. The summed E-state index contributed by atoms with van der Waals surface area (Å²) < 4.78 is 0. The zero-order chi connectivity index (χ0) is 15.1. The van der Waals surface area contributed by atoms with Gasteiger partial charge in [-0.3, -0.25) is 4.79 Å². The van der Waals surface area contributed by atoms with Crippen LogP contribution in [0.3, 0.4) is 0 Å². The highest BCUT2D eigenvalue weighted by molar-refractivity contribution is 5.94. The van der Waals surface area contributed by atoms with Crippen LogP contribution in [0.5, 0.6) is 0 Å². The van der Waals surface area contributed by atoms with Gasteiger partial charge in [0.2, 0.25) is 5.91 Å². The lowest BCUT2D eigenvalue weighted by Crippen LogP contribution is -2.38. The molecule has 0 unspecified atom stereocenters. The Bertz CT molecular complexity index is 678. The predicted molar refractivity (Wildman–Crippen MR) is 89.8 cm³/mol. The van der Waals surface area contributed by atoms with Crippen LogP contribution < -0.4 is 11.1 Å². The number of anilines is 1. The van der Waals surface area contributed by atoms with Gasteiger partial charge in [-0.2, -0.15) is 0 Å². The molecule has 4 N–H and O–H groups in total. The number of carbonyl (C=O) groups excluding carboxylic acids is 1. The molecule has 0 radical (unpaired) electrons. The summed E-state index contributed by atoms with van der Waals surface area (Å²) in [6.45, 7) is -0.390. The lowest BCUT2D eigenvalue weighted by atomic mass is 10.1. The summed E-state index contributed by atoms with van der Waals surface area (Å²) >= 11 is 0. The maximum atomic E-state index is 11.6. The number of aliphatic hydroxyl groups is 1. The molecule has 0 saturated carbocycles. The Balaban J connectivity index is 0.00000242. The van der Waals surface area contributed by atoms with Crippen LogP contribution in [-0.4, -0.2) is 23.7 Å². The van der Waals surface area contributed by atoms with E-state index in [0.717, 1.165) is 11.1 Å². The Morgan fingerprint density at radius 2 is 1.73 bits per heavy atom. The number of carbonyl (C=O) groups is 1. The SMILES string of the molecule is Cl.N[C@H](CO)C(=O)Nc1cccc(C#Cc2ccccc2)c1. The first kappa shape index (κ1) is 17.7. The average Bonchev–Trinajstić information content (AvgIpc) is 2.53. The van der Waals surface area contributed by atoms with Crippen molar-refractivity contribution >= 4 is 24.0 Å². The van der Waals surface area contributed by atoms with Crippen molar-refractivity contribution in [1.82, 2.24) is 0 Å². The predicted octanol–water partition coefficient (Wildman–Crippen LogP) is 1.77. The highest BCUT2D eigenvalue weighted by atomic mass is 35.5. The first-order valence-electron chi connectivity index (χ1n) is 6.53. The highest BCUT2D eigenvalue weighted by Gasteiger charge is 2.11. The van der Waals surface area contributed by atoms with E-state index in [1.54, 1.807) is 18.2 Å². The fourth-order valence-electron chi connectivity index (χ4n) is 1.66. The molecule has 114 valence electrons. The van der Waals surface area contributed by atoms with Crippen molar-refractivity contribution in [2.24, 2.45) is 5.73 Å². The van der Waals surface area contributed by atoms with Crippen molar-refractivity contribution in [2.45, 2.75) is 6.04 Å². The minimum Gasteiger partial charge on any atom is -0.394 e. The zero-order valence-corrected chi connectivity index (χ0v) is 12.6. The Morgan fingerprint density at radius 3 is 2.41 bits per heavy atom. The summed E-state index contributed by atoms with van der Waals surface area (Å²) in [5.41, 5.74) is 7.76. The molecule has 5 heteroatoms. The second-order valence-electron chi connectivity index (χ2n) is 4.48. The normalized spacial score (nSPS) is 10.6. The van der Waals surface area contributed by atoms with Crippen molar-refractivity contribution in [3.8, 4) is 11.8 Å². The molecule has 0 aromatic heterocycles. The van der Waals surface area contributed by atoms with E-state index in [9.17, 15) is 4.79 Å². The van der Waals surface area contributed by atoms with Crippen LogP contribution >= 0.6 is 12.4 Å². The second-order valence-corrected chi connectivity index (χ2v) is 4.48. The van der Waals surface area contributed by atoms with Crippen LogP contribution in [0.4, 0.5) is 5.69 Å². The van der Waals surface area contributed by atoms with Crippen molar-refractivity contribution < 1.29 is 9.90 Å². The van der Waals surface area contributed by atoms with Crippen LogP contribution in [0.1, 0.15) is 11.1 Å². The van der Waals surface area contributed by atoms with E-state index in [-0.39, 0.29) is 19.0 Å². The van der Waals surface area contributed by atoms with Crippen molar-refractivity contribution in [3.05, 3.63) is 65.7 Å². The van der Waals surface area contributed by atoms with Gasteiger partial charge in [0, 0.05) is 16.8 Å². The van der Waals surface area contributed by atoms with Gasteiger partial charge in [0.1, 0.15) is 6.04 Å². The molecule has 0 saturated heterocycles. The highest BCUT2D eigenvalue weighted by Crippen LogP contribution is 2.10. The number of nitrogens with one attached hydrogen (secondary N) is 1. The maximum absolute atomic E-state index is 11.6. The topological polar surface area (TPSA) is 75.3 Å². The Labute approximate surface area is 135 Å². The third-order valence-electron chi connectivity index (χ3n) is 2.79. The van der Waals surface area contributed by atoms with Crippen LogP contribution in [0.2, 0.25) is 0 Å². The standard InChI is InChI=1S/C17H16N2O2.ClH/c18-16(12-20)17(21)19-15-8-4-7-14(11-15)10-9-13-5-2-1-3-6-13;/h1-8,11,16,20H,12,18H2,(H,19,21);1H/t16-;/m1./s1. The molecular weight excluding hydrogens is 300 g/mol. The summed E-state index contributed by atoms with van der Waals surface area (Å²) in [4.78, 5) is 11.6. The number of rotatable bonds is 3.